The zero-order chi connectivity index (χ0) is 14.1. The number of ether oxygens (including phenoxy) is 1. The summed E-state index contributed by atoms with van der Waals surface area (Å²) in [5.41, 5.74) is 0. The minimum Gasteiger partial charge on any atom is -0.372 e. The fourth-order valence-electron chi connectivity index (χ4n) is 4.18. The summed E-state index contributed by atoms with van der Waals surface area (Å²) >= 11 is 0. The molecule has 1 aliphatic carbocycles. The molecule has 4 nitrogen and oxygen atoms in total. The summed E-state index contributed by atoms with van der Waals surface area (Å²) < 4.78 is 5.86. The average Bonchev–Trinajstić information content (AvgIpc) is 2.89. The first kappa shape index (κ1) is 14.3. The highest BCUT2D eigenvalue weighted by Gasteiger charge is 2.40. The van der Waals surface area contributed by atoms with Crippen LogP contribution in [0.1, 0.15) is 52.4 Å². The summed E-state index contributed by atoms with van der Waals surface area (Å²) in [6, 6.07) is 0.657. The van der Waals surface area contributed by atoms with Crippen molar-refractivity contribution in [3.63, 3.8) is 0 Å². The molecule has 114 valence electrons. The van der Waals surface area contributed by atoms with Crippen molar-refractivity contribution in [1.82, 2.24) is 10.2 Å². The number of amides is 1. The molecule has 0 aromatic heterocycles. The lowest BCUT2D eigenvalue weighted by molar-refractivity contribution is -0.146. The highest BCUT2D eigenvalue weighted by Crippen LogP contribution is 2.34. The second-order valence-electron chi connectivity index (χ2n) is 6.83. The Hall–Kier alpha value is -0.610. The maximum absolute atomic E-state index is 12.8. The molecule has 3 fully saturated rings. The van der Waals surface area contributed by atoms with Crippen LogP contribution in [0, 0.1) is 5.92 Å². The molecule has 1 saturated carbocycles. The van der Waals surface area contributed by atoms with Gasteiger partial charge in [-0.3, -0.25) is 4.79 Å². The fraction of sp³-hybridized carbons (Fsp3) is 0.938. The van der Waals surface area contributed by atoms with Crippen LogP contribution in [0.15, 0.2) is 0 Å². The van der Waals surface area contributed by atoms with Gasteiger partial charge in [0, 0.05) is 19.1 Å². The predicted octanol–water partition coefficient (Wildman–Crippen LogP) is 1.93. The Bertz CT molecular complexity index is 346. The Labute approximate surface area is 122 Å². The highest BCUT2D eigenvalue weighted by molar-refractivity contribution is 5.82. The van der Waals surface area contributed by atoms with Crippen LogP contribution in [0.5, 0.6) is 0 Å². The SMILES string of the molecule is CCC1CN(C(=O)C2CC3CCCCC3N2)CC(C)O1. The number of rotatable bonds is 2. The number of morpholine rings is 1. The third-order valence-corrected chi connectivity index (χ3v) is 5.25. The van der Waals surface area contributed by atoms with Crippen LogP contribution in [0.2, 0.25) is 0 Å². The molecule has 0 radical (unpaired) electrons. The van der Waals surface area contributed by atoms with Crippen molar-refractivity contribution in [3.05, 3.63) is 0 Å². The van der Waals surface area contributed by atoms with Gasteiger partial charge in [-0.1, -0.05) is 19.8 Å². The number of hydrogen-bond donors (Lipinski definition) is 1. The summed E-state index contributed by atoms with van der Waals surface area (Å²) in [4.78, 5) is 14.8. The molecule has 20 heavy (non-hydrogen) atoms. The molecule has 1 N–H and O–H groups in total. The van der Waals surface area contributed by atoms with E-state index in [1.807, 2.05) is 4.90 Å². The van der Waals surface area contributed by atoms with Crippen LogP contribution < -0.4 is 5.32 Å². The van der Waals surface area contributed by atoms with Gasteiger partial charge in [-0.15, -0.1) is 0 Å². The average molecular weight is 280 g/mol. The topological polar surface area (TPSA) is 41.6 Å². The first-order chi connectivity index (χ1) is 9.67. The van der Waals surface area contributed by atoms with Gasteiger partial charge in [-0.25, -0.2) is 0 Å². The standard InChI is InChI=1S/C16H28N2O2/c1-3-13-10-18(9-11(2)20-13)16(19)15-8-12-6-4-5-7-14(12)17-15/h11-15,17H,3-10H2,1-2H3. The van der Waals surface area contributed by atoms with Crippen molar-refractivity contribution in [2.45, 2.75) is 76.7 Å². The summed E-state index contributed by atoms with van der Waals surface area (Å²) in [5, 5.41) is 3.61. The quantitative estimate of drug-likeness (QED) is 0.840. The lowest BCUT2D eigenvalue weighted by atomic mass is 9.85. The van der Waals surface area contributed by atoms with E-state index in [0.29, 0.717) is 11.9 Å². The molecule has 4 heteroatoms. The zero-order valence-corrected chi connectivity index (χ0v) is 12.8. The summed E-state index contributed by atoms with van der Waals surface area (Å²) in [5.74, 6) is 1.05. The maximum atomic E-state index is 12.8. The Morgan fingerprint density at radius 2 is 2.10 bits per heavy atom. The van der Waals surface area contributed by atoms with E-state index < -0.39 is 0 Å². The van der Waals surface area contributed by atoms with E-state index in [4.69, 9.17) is 4.74 Å². The fourth-order valence-corrected chi connectivity index (χ4v) is 4.18. The van der Waals surface area contributed by atoms with Gasteiger partial charge in [-0.05, 0) is 38.5 Å². The van der Waals surface area contributed by atoms with Gasteiger partial charge in [0.2, 0.25) is 5.91 Å². The van der Waals surface area contributed by atoms with Crippen molar-refractivity contribution in [2.75, 3.05) is 13.1 Å². The summed E-state index contributed by atoms with van der Waals surface area (Å²) in [6.07, 6.45) is 7.64. The van der Waals surface area contributed by atoms with Crippen molar-refractivity contribution in [3.8, 4) is 0 Å². The first-order valence-corrected chi connectivity index (χ1v) is 8.37. The minimum absolute atomic E-state index is 0.0610. The van der Waals surface area contributed by atoms with Crippen LogP contribution >= 0.6 is 0 Å². The molecular formula is C16H28N2O2. The maximum Gasteiger partial charge on any atom is 0.239 e. The number of carbonyl (C=O) groups excluding carboxylic acids is 1. The molecule has 1 amide bonds. The minimum atomic E-state index is 0.0610. The van der Waals surface area contributed by atoms with Crippen LogP contribution in [0.3, 0.4) is 0 Å². The first-order valence-electron chi connectivity index (χ1n) is 8.37. The van der Waals surface area contributed by atoms with Gasteiger partial charge < -0.3 is 15.0 Å². The molecule has 2 heterocycles. The molecule has 2 aliphatic heterocycles. The van der Waals surface area contributed by atoms with Crippen molar-refractivity contribution in [2.24, 2.45) is 5.92 Å². The van der Waals surface area contributed by atoms with E-state index in [2.05, 4.69) is 19.2 Å². The van der Waals surface area contributed by atoms with Crippen molar-refractivity contribution in [1.29, 1.82) is 0 Å². The van der Waals surface area contributed by atoms with E-state index in [-0.39, 0.29) is 18.2 Å². The van der Waals surface area contributed by atoms with Gasteiger partial charge in [-0.2, -0.15) is 0 Å². The molecule has 2 saturated heterocycles. The second-order valence-corrected chi connectivity index (χ2v) is 6.83. The lowest BCUT2D eigenvalue weighted by Crippen LogP contribution is -2.54. The Morgan fingerprint density at radius 3 is 2.85 bits per heavy atom. The van der Waals surface area contributed by atoms with Crippen LogP contribution in [0.4, 0.5) is 0 Å². The van der Waals surface area contributed by atoms with E-state index >= 15 is 0 Å². The number of fused-ring (bicyclic) bond motifs is 1. The van der Waals surface area contributed by atoms with Crippen LogP contribution in [-0.2, 0) is 9.53 Å². The Kier molecular flexibility index (Phi) is 4.32. The Balaban J connectivity index is 1.61. The number of carbonyl (C=O) groups is 1. The Morgan fingerprint density at radius 1 is 1.30 bits per heavy atom. The van der Waals surface area contributed by atoms with E-state index in [0.717, 1.165) is 31.8 Å². The molecule has 3 aliphatic rings. The molecule has 3 rings (SSSR count). The summed E-state index contributed by atoms with van der Waals surface area (Å²) in [7, 11) is 0. The van der Waals surface area contributed by atoms with Crippen LogP contribution in [0.25, 0.3) is 0 Å². The molecular weight excluding hydrogens is 252 g/mol. The third-order valence-electron chi connectivity index (χ3n) is 5.25. The van der Waals surface area contributed by atoms with Gasteiger partial charge in [0.1, 0.15) is 0 Å². The smallest absolute Gasteiger partial charge is 0.239 e. The van der Waals surface area contributed by atoms with Gasteiger partial charge in [0.15, 0.2) is 0 Å². The highest BCUT2D eigenvalue weighted by atomic mass is 16.5. The normalized spacial score (nSPS) is 41.5. The second kappa shape index (κ2) is 6.02. The summed E-state index contributed by atoms with van der Waals surface area (Å²) in [6.45, 7) is 5.73. The molecule has 0 bridgehead atoms. The molecule has 0 aromatic carbocycles. The third kappa shape index (κ3) is 2.86. The van der Waals surface area contributed by atoms with Gasteiger partial charge in [0.25, 0.3) is 0 Å². The zero-order valence-electron chi connectivity index (χ0n) is 12.8. The van der Waals surface area contributed by atoms with Gasteiger partial charge >= 0.3 is 0 Å². The number of hydrogen-bond acceptors (Lipinski definition) is 3. The predicted molar refractivity (Wildman–Crippen MR) is 78.5 cm³/mol. The van der Waals surface area contributed by atoms with E-state index in [1.54, 1.807) is 0 Å². The lowest BCUT2D eigenvalue weighted by Gasteiger charge is -2.37. The molecule has 0 spiro atoms. The molecule has 5 unspecified atom stereocenters. The number of nitrogens with one attached hydrogen (secondary N) is 1. The van der Waals surface area contributed by atoms with Crippen LogP contribution in [-0.4, -0.2) is 48.2 Å². The molecule has 5 atom stereocenters. The number of nitrogens with zero attached hydrogens (tertiary/aromatic N) is 1. The van der Waals surface area contributed by atoms with Gasteiger partial charge in [0.05, 0.1) is 18.2 Å². The van der Waals surface area contributed by atoms with E-state index in [9.17, 15) is 4.79 Å². The van der Waals surface area contributed by atoms with Crippen molar-refractivity contribution < 1.29 is 9.53 Å². The van der Waals surface area contributed by atoms with Crippen molar-refractivity contribution >= 4 is 5.91 Å². The van der Waals surface area contributed by atoms with E-state index in [1.165, 1.54) is 25.7 Å². The molecule has 0 aromatic rings. The monoisotopic (exact) mass is 280 g/mol. The largest absolute Gasteiger partial charge is 0.372 e.